The van der Waals surface area contributed by atoms with Crippen LogP contribution in [0, 0.1) is 0 Å². The van der Waals surface area contributed by atoms with Gasteiger partial charge in [-0.2, -0.15) is 0 Å². The largest absolute Gasteiger partial charge is 0.294 e. The van der Waals surface area contributed by atoms with Gasteiger partial charge in [0.25, 0.3) is 0 Å². The van der Waals surface area contributed by atoms with Gasteiger partial charge in [-0.1, -0.05) is 18.2 Å². The summed E-state index contributed by atoms with van der Waals surface area (Å²) in [7, 11) is 0. The van der Waals surface area contributed by atoms with Gasteiger partial charge in [0.15, 0.2) is 5.78 Å². The normalized spacial score (nSPS) is 14.5. The average Bonchev–Trinajstić information content (AvgIpc) is 2.40. The summed E-state index contributed by atoms with van der Waals surface area (Å²) in [6, 6.07) is 10.1. The number of aryl methyl sites for hydroxylation is 1. The van der Waals surface area contributed by atoms with E-state index in [-0.39, 0.29) is 5.78 Å². The highest BCUT2D eigenvalue weighted by atomic mass is 16.1. The fourth-order valence-electron chi connectivity index (χ4n) is 2.34. The molecule has 0 spiro atoms. The maximum Gasteiger partial charge on any atom is 0.163 e. The maximum absolute atomic E-state index is 11.9. The molecule has 0 N–H and O–H groups in total. The second-order valence-electron chi connectivity index (χ2n) is 4.39. The minimum absolute atomic E-state index is 0.275. The van der Waals surface area contributed by atoms with E-state index < -0.39 is 0 Å². The van der Waals surface area contributed by atoms with E-state index in [4.69, 9.17) is 0 Å². The molecule has 84 valence electrons. The van der Waals surface area contributed by atoms with Crippen LogP contribution in [0.5, 0.6) is 0 Å². The molecule has 0 amide bonds. The molecule has 1 aromatic carbocycles. The molecule has 3 rings (SSSR count). The molecule has 17 heavy (non-hydrogen) atoms. The highest BCUT2D eigenvalue weighted by Crippen LogP contribution is 2.26. The number of hydrogen-bond acceptors (Lipinski definition) is 2. The van der Waals surface area contributed by atoms with Gasteiger partial charge >= 0.3 is 0 Å². The summed E-state index contributed by atoms with van der Waals surface area (Å²) in [6.07, 6.45) is 6.28. The summed E-state index contributed by atoms with van der Waals surface area (Å²) in [5.74, 6) is 0.275. The number of carbonyl (C=O) groups is 1. The molecular formula is C15H13NO. The fraction of sp³-hybridized carbons (Fsp3) is 0.200. The summed E-state index contributed by atoms with van der Waals surface area (Å²) in [5.41, 5.74) is 4.23. The van der Waals surface area contributed by atoms with Crippen molar-refractivity contribution in [3.05, 3.63) is 53.9 Å². The van der Waals surface area contributed by atoms with Crippen molar-refractivity contribution in [2.75, 3.05) is 0 Å². The molecule has 0 saturated heterocycles. The molecule has 2 nitrogen and oxygen atoms in total. The van der Waals surface area contributed by atoms with Crippen molar-refractivity contribution in [2.24, 2.45) is 0 Å². The Bertz CT molecular complexity index is 560. The van der Waals surface area contributed by atoms with Crippen LogP contribution in [-0.4, -0.2) is 10.8 Å². The first kappa shape index (κ1) is 10.2. The lowest BCUT2D eigenvalue weighted by molar-refractivity contribution is 0.0972. The predicted molar refractivity (Wildman–Crippen MR) is 66.9 cm³/mol. The fourth-order valence-corrected chi connectivity index (χ4v) is 2.34. The molecule has 1 aliphatic rings. The lowest BCUT2D eigenvalue weighted by atomic mass is 9.88. The SMILES string of the molecule is O=C1CCCc2ccc(-c3cccnc3)cc21. The predicted octanol–water partition coefficient (Wildman–Crippen LogP) is 3.27. The standard InChI is InChI=1S/C15H13NO/c17-15-5-1-3-11-6-7-12(9-14(11)15)13-4-2-8-16-10-13/h2,4,6-10H,1,3,5H2. The first-order chi connectivity index (χ1) is 8.34. The van der Waals surface area contributed by atoms with Crippen molar-refractivity contribution >= 4 is 5.78 Å². The topological polar surface area (TPSA) is 30.0 Å². The molecule has 2 aromatic rings. The van der Waals surface area contributed by atoms with Crippen LogP contribution in [0.4, 0.5) is 0 Å². The number of rotatable bonds is 1. The summed E-state index contributed by atoms with van der Waals surface area (Å²) < 4.78 is 0. The van der Waals surface area contributed by atoms with Crippen molar-refractivity contribution in [3.8, 4) is 11.1 Å². The van der Waals surface area contributed by atoms with Crippen molar-refractivity contribution in [2.45, 2.75) is 19.3 Å². The van der Waals surface area contributed by atoms with Crippen molar-refractivity contribution in [3.63, 3.8) is 0 Å². The van der Waals surface area contributed by atoms with E-state index in [1.807, 2.05) is 24.4 Å². The molecular weight excluding hydrogens is 210 g/mol. The maximum atomic E-state index is 11.9. The molecule has 0 fully saturated rings. The van der Waals surface area contributed by atoms with Crippen molar-refractivity contribution < 1.29 is 4.79 Å². The van der Waals surface area contributed by atoms with Crippen LogP contribution >= 0.6 is 0 Å². The molecule has 0 radical (unpaired) electrons. The Labute approximate surface area is 100 Å². The highest BCUT2D eigenvalue weighted by Gasteiger charge is 2.17. The summed E-state index contributed by atoms with van der Waals surface area (Å²) in [5, 5.41) is 0. The number of hydrogen-bond donors (Lipinski definition) is 0. The number of nitrogens with zero attached hydrogens (tertiary/aromatic N) is 1. The third kappa shape index (κ3) is 1.86. The van der Waals surface area contributed by atoms with E-state index in [1.165, 1.54) is 5.56 Å². The van der Waals surface area contributed by atoms with Gasteiger partial charge in [0, 0.05) is 29.9 Å². The van der Waals surface area contributed by atoms with Gasteiger partial charge in [-0.05, 0) is 36.1 Å². The van der Waals surface area contributed by atoms with Gasteiger partial charge in [0.2, 0.25) is 0 Å². The second-order valence-corrected chi connectivity index (χ2v) is 4.39. The van der Waals surface area contributed by atoms with Gasteiger partial charge < -0.3 is 0 Å². The Morgan fingerprint density at radius 3 is 2.82 bits per heavy atom. The third-order valence-electron chi connectivity index (χ3n) is 3.26. The lowest BCUT2D eigenvalue weighted by Gasteiger charge is -2.15. The van der Waals surface area contributed by atoms with Gasteiger partial charge in [0.05, 0.1) is 0 Å². The minimum atomic E-state index is 0.275. The minimum Gasteiger partial charge on any atom is -0.294 e. The lowest BCUT2D eigenvalue weighted by Crippen LogP contribution is -2.10. The second kappa shape index (κ2) is 4.13. The molecule has 0 unspecified atom stereocenters. The quantitative estimate of drug-likeness (QED) is 0.742. The van der Waals surface area contributed by atoms with Crippen LogP contribution in [0.1, 0.15) is 28.8 Å². The number of Topliss-reactive ketones (excluding diaryl/α,β-unsaturated/α-hetero) is 1. The number of ketones is 1. The molecule has 1 heterocycles. The van der Waals surface area contributed by atoms with Gasteiger partial charge in [0.1, 0.15) is 0 Å². The van der Waals surface area contributed by atoms with E-state index in [0.717, 1.165) is 29.5 Å². The first-order valence-corrected chi connectivity index (χ1v) is 5.91. The number of fused-ring (bicyclic) bond motifs is 1. The zero-order valence-corrected chi connectivity index (χ0v) is 9.52. The van der Waals surface area contributed by atoms with Crippen LogP contribution < -0.4 is 0 Å². The third-order valence-corrected chi connectivity index (χ3v) is 3.26. The Morgan fingerprint density at radius 2 is 2.00 bits per heavy atom. The Kier molecular flexibility index (Phi) is 2.48. The molecule has 2 heteroatoms. The molecule has 0 aliphatic heterocycles. The monoisotopic (exact) mass is 223 g/mol. The van der Waals surface area contributed by atoms with Crippen LogP contribution in [0.15, 0.2) is 42.7 Å². The smallest absolute Gasteiger partial charge is 0.163 e. The highest BCUT2D eigenvalue weighted by molar-refractivity contribution is 5.99. The Morgan fingerprint density at radius 1 is 1.06 bits per heavy atom. The molecule has 0 saturated carbocycles. The van der Waals surface area contributed by atoms with E-state index in [1.54, 1.807) is 6.20 Å². The van der Waals surface area contributed by atoms with Crippen LogP contribution in [0.3, 0.4) is 0 Å². The van der Waals surface area contributed by atoms with E-state index in [0.29, 0.717) is 6.42 Å². The zero-order valence-electron chi connectivity index (χ0n) is 9.52. The van der Waals surface area contributed by atoms with Gasteiger partial charge in [-0.3, -0.25) is 9.78 Å². The van der Waals surface area contributed by atoms with Crippen LogP contribution in [0.25, 0.3) is 11.1 Å². The van der Waals surface area contributed by atoms with Crippen LogP contribution in [-0.2, 0) is 6.42 Å². The van der Waals surface area contributed by atoms with E-state index >= 15 is 0 Å². The Balaban J connectivity index is 2.09. The van der Waals surface area contributed by atoms with Gasteiger partial charge in [-0.15, -0.1) is 0 Å². The molecule has 0 atom stereocenters. The number of aromatic nitrogens is 1. The summed E-state index contributed by atoms with van der Waals surface area (Å²) >= 11 is 0. The Hall–Kier alpha value is -1.96. The average molecular weight is 223 g/mol. The van der Waals surface area contributed by atoms with E-state index in [9.17, 15) is 4.79 Å². The molecule has 0 bridgehead atoms. The van der Waals surface area contributed by atoms with Crippen molar-refractivity contribution in [1.29, 1.82) is 0 Å². The van der Waals surface area contributed by atoms with E-state index in [2.05, 4.69) is 17.1 Å². The number of carbonyl (C=O) groups excluding carboxylic acids is 1. The summed E-state index contributed by atoms with van der Waals surface area (Å²) in [6.45, 7) is 0. The zero-order chi connectivity index (χ0) is 11.7. The van der Waals surface area contributed by atoms with Gasteiger partial charge in [-0.25, -0.2) is 0 Å². The number of pyridine rings is 1. The van der Waals surface area contributed by atoms with Crippen LogP contribution in [0.2, 0.25) is 0 Å². The number of benzene rings is 1. The first-order valence-electron chi connectivity index (χ1n) is 5.91. The molecule has 1 aromatic heterocycles. The van der Waals surface area contributed by atoms with Crippen molar-refractivity contribution in [1.82, 2.24) is 4.98 Å². The molecule has 1 aliphatic carbocycles. The summed E-state index contributed by atoms with van der Waals surface area (Å²) in [4.78, 5) is 16.0.